The molecular formula is C11H16N4O3. The topological polar surface area (TPSA) is 99.2 Å². The van der Waals surface area contributed by atoms with Crippen LogP contribution in [-0.2, 0) is 11.8 Å². The van der Waals surface area contributed by atoms with Crippen LogP contribution in [0.2, 0.25) is 0 Å². The van der Waals surface area contributed by atoms with Crippen molar-refractivity contribution in [2.24, 2.45) is 12.8 Å². The lowest BCUT2D eigenvalue weighted by Gasteiger charge is -2.10. The molecular weight excluding hydrogens is 236 g/mol. The number of hydrogen-bond donors (Lipinski definition) is 2. The number of nitrogens with zero attached hydrogens (tertiary/aromatic N) is 2. The first kappa shape index (κ1) is 12.6. The van der Waals surface area contributed by atoms with Gasteiger partial charge in [0.05, 0.1) is 6.10 Å². The second-order valence-corrected chi connectivity index (χ2v) is 4.25. The molecule has 1 fully saturated rings. The third-order valence-corrected chi connectivity index (χ3v) is 2.88. The highest BCUT2D eigenvalue weighted by Crippen LogP contribution is 2.11. The molecule has 0 bridgehead atoms. The van der Waals surface area contributed by atoms with Crippen molar-refractivity contribution >= 4 is 11.8 Å². The number of carbonyl (C=O) groups excluding carboxylic acids is 2. The molecule has 2 heterocycles. The number of ether oxygens (including phenoxy) is 1. The van der Waals surface area contributed by atoms with Crippen LogP contribution in [0, 0.1) is 0 Å². The highest BCUT2D eigenvalue weighted by Gasteiger charge is 2.19. The molecule has 7 nitrogen and oxygen atoms in total. The number of nitrogens with one attached hydrogen (secondary N) is 1. The van der Waals surface area contributed by atoms with Crippen LogP contribution in [0.3, 0.4) is 0 Å². The van der Waals surface area contributed by atoms with Gasteiger partial charge in [0.1, 0.15) is 5.69 Å². The van der Waals surface area contributed by atoms with Crippen molar-refractivity contribution in [2.75, 3.05) is 13.2 Å². The molecule has 18 heavy (non-hydrogen) atoms. The standard InChI is InChI=1S/C11H16N4O3/c1-15-9(5-8(14-15)10(12)16)11(17)13-6-7-3-2-4-18-7/h5,7H,2-4,6H2,1H3,(H2,12,16)(H,13,17). The molecule has 1 aliphatic rings. The summed E-state index contributed by atoms with van der Waals surface area (Å²) in [7, 11) is 1.59. The average Bonchev–Trinajstić information content (AvgIpc) is 2.94. The third-order valence-electron chi connectivity index (χ3n) is 2.88. The minimum Gasteiger partial charge on any atom is -0.376 e. The zero-order valence-corrected chi connectivity index (χ0v) is 10.2. The number of carbonyl (C=O) groups is 2. The van der Waals surface area contributed by atoms with Gasteiger partial charge in [-0.25, -0.2) is 0 Å². The van der Waals surface area contributed by atoms with E-state index in [9.17, 15) is 9.59 Å². The molecule has 0 aromatic carbocycles. The van der Waals surface area contributed by atoms with E-state index in [1.807, 2.05) is 0 Å². The van der Waals surface area contributed by atoms with Crippen LogP contribution in [0.5, 0.6) is 0 Å². The van der Waals surface area contributed by atoms with Crippen LogP contribution in [-0.4, -0.2) is 40.9 Å². The minimum absolute atomic E-state index is 0.0813. The van der Waals surface area contributed by atoms with Gasteiger partial charge in [0.2, 0.25) is 0 Å². The van der Waals surface area contributed by atoms with Crippen LogP contribution < -0.4 is 11.1 Å². The van der Waals surface area contributed by atoms with Gasteiger partial charge in [-0.15, -0.1) is 0 Å². The number of aryl methyl sites for hydroxylation is 1. The molecule has 0 aliphatic carbocycles. The predicted molar refractivity (Wildman–Crippen MR) is 63.0 cm³/mol. The largest absolute Gasteiger partial charge is 0.376 e. The molecule has 0 spiro atoms. The molecule has 1 unspecified atom stereocenters. The fourth-order valence-corrected chi connectivity index (χ4v) is 1.90. The summed E-state index contributed by atoms with van der Waals surface area (Å²) >= 11 is 0. The maximum atomic E-state index is 11.9. The summed E-state index contributed by atoms with van der Waals surface area (Å²) in [6, 6.07) is 1.38. The summed E-state index contributed by atoms with van der Waals surface area (Å²) in [6.07, 6.45) is 2.06. The van der Waals surface area contributed by atoms with E-state index < -0.39 is 5.91 Å². The van der Waals surface area contributed by atoms with Gasteiger partial charge < -0.3 is 15.8 Å². The SMILES string of the molecule is Cn1nc(C(N)=O)cc1C(=O)NCC1CCCO1. The average molecular weight is 252 g/mol. The Hall–Kier alpha value is -1.89. The Bertz CT molecular complexity index is 463. The van der Waals surface area contributed by atoms with Crippen molar-refractivity contribution in [2.45, 2.75) is 18.9 Å². The molecule has 0 radical (unpaired) electrons. The summed E-state index contributed by atoms with van der Waals surface area (Å²) in [5.41, 5.74) is 5.49. The van der Waals surface area contributed by atoms with Gasteiger partial charge in [-0.05, 0) is 12.8 Å². The Kier molecular flexibility index (Phi) is 3.61. The van der Waals surface area contributed by atoms with Gasteiger partial charge in [-0.2, -0.15) is 5.10 Å². The molecule has 0 saturated carbocycles. The van der Waals surface area contributed by atoms with Gasteiger partial charge in [-0.1, -0.05) is 0 Å². The van der Waals surface area contributed by atoms with Gasteiger partial charge in [-0.3, -0.25) is 14.3 Å². The smallest absolute Gasteiger partial charge is 0.269 e. The van der Waals surface area contributed by atoms with Crippen molar-refractivity contribution in [3.63, 3.8) is 0 Å². The van der Waals surface area contributed by atoms with Crippen LogP contribution in [0.1, 0.15) is 33.8 Å². The Morgan fingerprint density at radius 1 is 1.67 bits per heavy atom. The molecule has 98 valence electrons. The Morgan fingerprint density at radius 3 is 3.00 bits per heavy atom. The lowest BCUT2D eigenvalue weighted by molar-refractivity contribution is 0.0850. The number of primary amides is 1. The fourth-order valence-electron chi connectivity index (χ4n) is 1.90. The Morgan fingerprint density at radius 2 is 2.44 bits per heavy atom. The summed E-state index contributed by atoms with van der Waals surface area (Å²) in [4.78, 5) is 22.8. The predicted octanol–water partition coefficient (Wildman–Crippen LogP) is -0.572. The monoisotopic (exact) mass is 252 g/mol. The van der Waals surface area contributed by atoms with Gasteiger partial charge in [0.25, 0.3) is 11.8 Å². The van der Waals surface area contributed by atoms with Crippen molar-refractivity contribution in [1.29, 1.82) is 0 Å². The molecule has 7 heteroatoms. The number of hydrogen-bond acceptors (Lipinski definition) is 4. The number of nitrogens with two attached hydrogens (primary N) is 1. The van der Waals surface area contributed by atoms with E-state index in [-0.39, 0.29) is 17.7 Å². The highest BCUT2D eigenvalue weighted by atomic mass is 16.5. The van der Waals surface area contributed by atoms with E-state index in [4.69, 9.17) is 10.5 Å². The highest BCUT2D eigenvalue weighted by molar-refractivity contribution is 5.97. The van der Waals surface area contributed by atoms with Crippen LogP contribution in [0.25, 0.3) is 0 Å². The van der Waals surface area contributed by atoms with E-state index >= 15 is 0 Å². The molecule has 2 rings (SSSR count). The first-order valence-electron chi connectivity index (χ1n) is 5.81. The van der Waals surface area contributed by atoms with Crippen molar-refractivity contribution in [3.05, 3.63) is 17.5 Å². The van der Waals surface area contributed by atoms with E-state index in [0.717, 1.165) is 19.4 Å². The maximum Gasteiger partial charge on any atom is 0.269 e. The summed E-state index contributed by atoms with van der Waals surface area (Å²) in [5, 5.41) is 6.62. The summed E-state index contributed by atoms with van der Waals surface area (Å²) in [5.74, 6) is -0.934. The summed E-state index contributed by atoms with van der Waals surface area (Å²) < 4.78 is 6.74. The lowest BCUT2D eigenvalue weighted by Crippen LogP contribution is -2.32. The quantitative estimate of drug-likeness (QED) is 0.749. The van der Waals surface area contributed by atoms with Crippen LogP contribution in [0.15, 0.2) is 6.07 Å². The van der Waals surface area contributed by atoms with Gasteiger partial charge in [0.15, 0.2) is 5.69 Å². The number of amides is 2. The molecule has 1 atom stereocenters. The van der Waals surface area contributed by atoms with E-state index in [1.165, 1.54) is 10.7 Å². The molecule has 1 aromatic heterocycles. The molecule has 1 aliphatic heterocycles. The first-order chi connectivity index (χ1) is 8.58. The summed E-state index contributed by atoms with van der Waals surface area (Å²) in [6.45, 7) is 1.22. The second-order valence-electron chi connectivity index (χ2n) is 4.25. The molecule has 1 saturated heterocycles. The lowest BCUT2D eigenvalue weighted by atomic mass is 10.2. The minimum atomic E-state index is -0.649. The Balaban J connectivity index is 1.97. The van der Waals surface area contributed by atoms with Crippen molar-refractivity contribution < 1.29 is 14.3 Å². The van der Waals surface area contributed by atoms with Gasteiger partial charge in [0, 0.05) is 26.3 Å². The van der Waals surface area contributed by atoms with E-state index in [2.05, 4.69) is 10.4 Å². The zero-order valence-electron chi connectivity index (χ0n) is 10.2. The van der Waals surface area contributed by atoms with Gasteiger partial charge >= 0.3 is 0 Å². The van der Waals surface area contributed by atoms with Crippen LogP contribution in [0.4, 0.5) is 0 Å². The number of rotatable bonds is 4. The van der Waals surface area contributed by atoms with Crippen molar-refractivity contribution in [3.8, 4) is 0 Å². The fraction of sp³-hybridized carbons (Fsp3) is 0.545. The molecule has 2 amide bonds. The van der Waals surface area contributed by atoms with E-state index in [1.54, 1.807) is 7.05 Å². The van der Waals surface area contributed by atoms with E-state index in [0.29, 0.717) is 12.2 Å². The molecule has 3 N–H and O–H groups in total. The Labute approximate surface area is 104 Å². The first-order valence-corrected chi connectivity index (χ1v) is 5.81. The second kappa shape index (κ2) is 5.18. The third kappa shape index (κ3) is 2.67. The normalized spacial score (nSPS) is 18.8. The molecule has 1 aromatic rings. The zero-order chi connectivity index (χ0) is 13.1. The maximum absolute atomic E-state index is 11.9. The number of aromatic nitrogens is 2. The van der Waals surface area contributed by atoms with Crippen LogP contribution >= 0.6 is 0 Å². The van der Waals surface area contributed by atoms with Crippen molar-refractivity contribution in [1.82, 2.24) is 15.1 Å².